The Morgan fingerprint density at radius 2 is 1.92 bits per heavy atom. The van der Waals surface area contributed by atoms with Gasteiger partial charge in [0.1, 0.15) is 5.92 Å². The molecule has 0 amide bonds. The van der Waals surface area contributed by atoms with Crippen molar-refractivity contribution < 1.29 is 19.7 Å². The van der Waals surface area contributed by atoms with Crippen LogP contribution in [-0.4, -0.2) is 23.3 Å². The number of aromatic hydroxyl groups is 1. The summed E-state index contributed by atoms with van der Waals surface area (Å²) in [6, 6.07) is 17.1. The summed E-state index contributed by atoms with van der Waals surface area (Å²) in [5.41, 5.74) is 2.55. The van der Waals surface area contributed by atoms with Crippen molar-refractivity contribution in [2.75, 3.05) is 7.11 Å². The molecule has 0 heterocycles. The minimum atomic E-state index is -0.998. The standard InChI is InChI=1S/C22H20O4/c1-3-16(22(24)25)18-13-19(26-2)21(23)20-15(10-7-11-17(18)20)12-14-8-5-4-6-9-14/h3-11,13,16,23H,1,12H2,2H3,(H,24,25). The van der Waals surface area contributed by atoms with E-state index in [1.165, 1.54) is 13.2 Å². The van der Waals surface area contributed by atoms with Crippen LogP contribution in [0.3, 0.4) is 0 Å². The molecule has 132 valence electrons. The monoisotopic (exact) mass is 348 g/mol. The highest BCUT2D eigenvalue weighted by Crippen LogP contribution is 2.42. The first kappa shape index (κ1) is 17.5. The molecule has 3 aromatic carbocycles. The maximum absolute atomic E-state index is 11.7. The molecule has 1 atom stereocenters. The van der Waals surface area contributed by atoms with E-state index in [0.29, 0.717) is 22.8 Å². The smallest absolute Gasteiger partial charge is 0.314 e. The van der Waals surface area contributed by atoms with Crippen LogP contribution in [0.4, 0.5) is 0 Å². The van der Waals surface area contributed by atoms with Gasteiger partial charge in [0.15, 0.2) is 11.5 Å². The largest absolute Gasteiger partial charge is 0.504 e. The molecule has 0 spiro atoms. The van der Waals surface area contributed by atoms with Gasteiger partial charge in [0.05, 0.1) is 7.11 Å². The van der Waals surface area contributed by atoms with Crippen molar-refractivity contribution in [3.8, 4) is 11.5 Å². The molecule has 0 aliphatic carbocycles. The number of methoxy groups -OCH3 is 1. The molecule has 0 saturated carbocycles. The maximum Gasteiger partial charge on any atom is 0.314 e. The normalized spacial score (nSPS) is 11.9. The van der Waals surface area contributed by atoms with E-state index >= 15 is 0 Å². The van der Waals surface area contributed by atoms with Crippen molar-refractivity contribution in [3.05, 3.63) is 83.9 Å². The minimum absolute atomic E-state index is 0.0194. The zero-order chi connectivity index (χ0) is 18.7. The Bertz CT molecular complexity index is 961. The zero-order valence-corrected chi connectivity index (χ0v) is 14.5. The summed E-state index contributed by atoms with van der Waals surface area (Å²) in [6.07, 6.45) is 2.00. The molecule has 0 radical (unpaired) electrons. The lowest BCUT2D eigenvalue weighted by Gasteiger charge is -2.18. The molecular weight excluding hydrogens is 328 g/mol. The molecule has 2 N–H and O–H groups in total. The van der Waals surface area contributed by atoms with Crippen molar-refractivity contribution in [2.24, 2.45) is 0 Å². The zero-order valence-electron chi connectivity index (χ0n) is 14.5. The molecule has 0 saturated heterocycles. The van der Waals surface area contributed by atoms with Gasteiger partial charge in [-0.15, -0.1) is 6.58 Å². The van der Waals surface area contributed by atoms with Gasteiger partial charge >= 0.3 is 5.97 Å². The van der Waals surface area contributed by atoms with Gasteiger partial charge in [-0.25, -0.2) is 0 Å². The molecule has 0 aliphatic rings. The molecular formula is C22H20O4. The number of aliphatic carboxylic acids is 1. The van der Waals surface area contributed by atoms with Gasteiger partial charge in [-0.3, -0.25) is 4.79 Å². The average Bonchev–Trinajstić information content (AvgIpc) is 2.64. The van der Waals surface area contributed by atoms with Crippen LogP contribution >= 0.6 is 0 Å². The molecule has 26 heavy (non-hydrogen) atoms. The van der Waals surface area contributed by atoms with Crippen LogP contribution in [0.25, 0.3) is 10.8 Å². The van der Waals surface area contributed by atoms with Crippen molar-refractivity contribution in [3.63, 3.8) is 0 Å². The second-order valence-electron chi connectivity index (χ2n) is 6.07. The highest BCUT2D eigenvalue weighted by atomic mass is 16.5. The summed E-state index contributed by atoms with van der Waals surface area (Å²) in [7, 11) is 1.45. The second-order valence-corrected chi connectivity index (χ2v) is 6.07. The fraction of sp³-hybridized carbons (Fsp3) is 0.136. The van der Waals surface area contributed by atoms with Crippen LogP contribution in [0.15, 0.2) is 67.3 Å². The van der Waals surface area contributed by atoms with Crippen LogP contribution in [-0.2, 0) is 11.2 Å². The first-order valence-electron chi connectivity index (χ1n) is 8.27. The van der Waals surface area contributed by atoms with Crippen LogP contribution in [0.5, 0.6) is 11.5 Å². The summed E-state index contributed by atoms with van der Waals surface area (Å²) in [4.78, 5) is 11.7. The van der Waals surface area contributed by atoms with Crippen LogP contribution in [0.1, 0.15) is 22.6 Å². The maximum atomic E-state index is 11.7. The lowest BCUT2D eigenvalue weighted by atomic mass is 9.89. The Labute approximate surface area is 152 Å². The predicted molar refractivity (Wildman–Crippen MR) is 102 cm³/mol. The van der Waals surface area contributed by atoms with Gasteiger partial charge in [-0.05, 0) is 34.6 Å². The van der Waals surface area contributed by atoms with Crippen molar-refractivity contribution >= 4 is 16.7 Å². The van der Waals surface area contributed by atoms with E-state index in [1.807, 2.05) is 48.5 Å². The first-order valence-corrected chi connectivity index (χ1v) is 8.27. The van der Waals surface area contributed by atoms with Crippen molar-refractivity contribution in [2.45, 2.75) is 12.3 Å². The van der Waals surface area contributed by atoms with Crippen LogP contribution in [0.2, 0.25) is 0 Å². The molecule has 4 nitrogen and oxygen atoms in total. The molecule has 0 aromatic heterocycles. The molecule has 0 aliphatic heterocycles. The van der Waals surface area contributed by atoms with E-state index in [2.05, 4.69) is 6.58 Å². The van der Waals surface area contributed by atoms with E-state index in [-0.39, 0.29) is 11.5 Å². The number of ether oxygens (including phenoxy) is 1. The van der Waals surface area contributed by atoms with E-state index in [9.17, 15) is 15.0 Å². The van der Waals surface area contributed by atoms with Crippen molar-refractivity contribution in [1.82, 2.24) is 0 Å². The quantitative estimate of drug-likeness (QED) is 0.644. The SMILES string of the molecule is C=CC(C(=O)O)c1cc(OC)c(O)c2c(Cc3ccccc3)cccc12. The lowest BCUT2D eigenvalue weighted by molar-refractivity contribution is -0.137. The molecule has 1 unspecified atom stereocenters. The molecule has 0 fully saturated rings. The first-order chi connectivity index (χ1) is 12.6. The third-order valence-electron chi connectivity index (χ3n) is 4.51. The van der Waals surface area contributed by atoms with Gasteiger partial charge in [-0.2, -0.15) is 0 Å². The topological polar surface area (TPSA) is 66.8 Å². The number of phenols is 1. The fourth-order valence-electron chi connectivity index (χ4n) is 3.27. The Balaban J connectivity index is 2.28. The van der Waals surface area contributed by atoms with E-state index in [4.69, 9.17) is 4.74 Å². The molecule has 4 heteroatoms. The Morgan fingerprint density at radius 3 is 2.54 bits per heavy atom. The Kier molecular flexibility index (Phi) is 4.94. The average molecular weight is 348 g/mol. The molecule has 3 rings (SSSR count). The number of carboxylic acid groups (broad SMARTS) is 1. The number of rotatable bonds is 6. The number of carbonyl (C=O) groups is 1. The van der Waals surface area contributed by atoms with Crippen LogP contribution < -0.4 is 4.74 Å². The van der Waals surface area contributed by atoms with E-state index < -0.39 is 11.9 Å². The number of fused-ring (bicyclic) bond motifs is 1. The van der Waals surface area contributed by atoms with Crippen LogP contribution in [0, 0.1) is 0 Å². The number of benzene rings is 3. The third-order valence-corrected chi connectivity index (χ3v) is 4.51. The third kappa shape index (κ3) is 3.14. The van der Waals surface area contributed by atoms with E-state index in [0.717, 1.165) is 11.1 Å². The lowest BCUT2D eigenvalue weighted by Crippen LogP contribution is -2.10. The minimum Gasteiger partial charge on any atom is -0.504 e. The number of carboxylic acids is 1. The summed E-state index contributed by atoms with van der Waals surface area (Å²) >= 11 is 0. The molecule has 3 aromatic rings. The van der Waals surface area contributed by atoms with Gasteiger partial charge < -0.3 is 14.9 Å². The highest BCUT2D eigenvalue weighted by Gasteiger charge is 2.23. The number of hydrogen-bond acceptors (Lipinski definition) is 3. The van der Waals surface area contributed by atoms with Gasteiger partial charge in [0, 0.05) is 5.39 Å². The Hall–Kier alpha value is -3.27. The van der Waals surface area contributed by atoms with Gasteiger partial charge in [-0.1, -0.05) is 54.6 Å². The predicted octanol–water partition coefficient (Wildman–Crippen LogP) is 4.50. The fourth-order valence-corrected chi connectivity index (χ4v) is 3.27. The highest BCUT2D eigenvalue weighted by molar-refractivity contribution is 5.99. The van der Waals surface area contributed by atoms with Crippen molar-refractivity contribution in [1.29, 1.82) is 0 Å². The summed E-state index contributed by atoms with van der Waals surface area (Å²) in [6.45, 7) is 3.65. The summed E-state index contributed by atoms with van der Waals surface area (Å²) in [5.74, 6) is -1.62. The molecule has 0 bridgehead atoms. The second kappa shape index (κ2) is 7.31. The Morgan fingerprint density at radius 1 is 1.19 bits per heavy atom. The summed E-state index contributed by atoms with van der Waals surface area (Å²) < 4.78 is 5.30. The van der Waals surface area contributed by atoms with Gasteiger partial charge in [0.25, 0.3) is 0 Å². The van der Waals surface area contributed by atoms with E-state index in [1.54, 1.807) is 6.07 Å². The van der Waals surface area contributed by atoms with Gasteiger partial charge in [0.2, 0.25) is 0 Å². The number of hydrogen-bond donors (Lipinski definition) is 2. The summed E-state index contributed by atoms with van der Waals surface area (Å²) in [5, 5.41) is 21.6. The number of phenolic OH excluding ortho intramolecular Hbond substituents is 1.